The molecule has 0 amide bonds. The van der Waals surface area contributed by atoms with Crippen LogP contribution in [0.15, 0.2) is 28.4 Å². The Balaban J connectivity index is 0.00000141. The fourth-order valence-corrected chi connectivity index (χ4v) is 6.29. The van der Waals surface area contributed by atoms with Crippen LogP contribution in [0.4, 0.5) is 0 Å². The summed E-state index contributed by atoms with van der Waals surface area (Å²) in [5.41, 5.74) is 13.9. The molecule has 2 unspecified atom stereocenters. The highest BCUT2D eigenvalue weighted by Gasteiger charge is 2.24. The van der Waals surface area contributed by atoms with Crippen LogP contribution in [0.3, 0.4) is 0 Å². The maximum absolute atomic E-state index is 9.46. The van der Waals surface area contributed by atoms with E-state index in [2.05, 4.69) is 43.1 Å². The van der Waals surface area contributed by atoms with Gasteiger partial charge in [0, 0.05) is 36.8 Å². The molecule has 41 heavy (non-hydrogen) atoms. The van der Waals surface area contributed by atoms with Crippen LogP contribution >= 0.6 is 28.4 Å². The van der Waals surface area contributed by atoms with E-state index in [1.54, 1.807) is 4.68 Å². The molecule has 0 radical (unpaired) electrons. The Morgan fingerprint density at radius 1 is 1.17 bits per heavy atom. The smallest absolute Gasteiger partial charge is 0.221 e. The first kappa shape index (κ1) is 34.9. The number of fused-ring (bicyclic) bond motifs is 3. The van der Waals surface area contributed by atoms with Crippen LogP contribution in [0.25, 0.3) is 28.2 Å². The first-order valence-electron chi connectivity index (χ1n) is 14.1. The lowest BCUT2D eigenvalue weighted by molar-refractivity contribution is 0.160. The second kappa shape index (κ2) is 16.3. The van der Waals surface area contributed by atoms with Gasteiger partial charge in [-0.25, -0.2) is 9.13 Å². The number of halogens is 1. The van der Waals surface area contributed by atoms with Gasteiger partial charge in [-0.05, 0) is 75.0 Å². The van der Waals surface area contributed by atoms with Crippen LogP contribution in [-0.2, 0) is 7.05 Å². The van der Waals surface area contributed by atoms with E-state index in [1.807, 2.05) is 86.1 Å². The van der Waals surface area contributed by atoms with Crippen LogP contribution in [0.2, 0.25) is 0 Å². The van der Waals surface area contributed by atoms with E-state index in [0.29, 0.717) is 37.6 Å². The highest BCUT2D eigenvalue weighted by molar-refractivity contribution is 14.2. The number of aliphatic hydroxyl groups excluding tert-OH is 1. The molecule has 4 heterocycles. The zero-order valence-corrected chi connectivity index (χ0v) is 29.2. The second-order valence-corrected chi connectivity index (χ2v) is 11.4. The summed E-state index contributed by atoms with van der Waals surface area (Å²) in [6.07, 6.45) is 4.27. The van der Waals surface area contributed by atoms with Crippen molar-refractivity contribution in [3.05, 3.63) is 40.5 Å². The van der Waals surface area contributed by atoms with Gasteiger partial charge in [-0.15, -0.1) is 0 Å². The molecule has 3 aromatic rings. The molecule has 2 atom stereocenters. The minimum absolute atomic E-state index is 0.0311. The van der Waals surface area contributed by atoms with Gasteiger partial charge in [-0.2, -0.15) is 10.2 Å². The molecular weight excluding hydrogens is 650 g/mol. The van der Waals surface area contributed by atoms with Crippen LogP contribution in [-0.4, -0.2) is 79.4 Å². The van der Waals surface area contributed by atoms with Gasteiger partial charge in [0.1, 0.15) is 6.10 Å². The Morgan fingerprint density at radius 2 is 1.85 bits per heavy atom. The fraction of sp³-hybridized carbons (Fsp3) is 0.517. The summed E-state index contributed by atoms with van der Waals surface area (Å²) in [6, 6.07) is 2.08. The van der Waals surface area contributed by atoms with Crippen molar-refractivity contribution in [1.82, 2.24) is 29.2 Å². The zero-order chi connectivity index (χ0) is 30.9. The van der Waals surface area contributed by atoms with Gasteiger partial charge >= 0.3 is 0 Å². The second-order valence-electron chi connectivity index (χ2n) is 9.37. The Hall–Kier alpha value is -2.34. The summed E-state index contributed by atoms with van der Waals surface area (Å²) in [7, 11) is 3.92. The van der Waals surface area contributed by atoms with Gasteiger partial charge in [-0.1, -0.05) is 27.7 Å². The van der Waals surface area contributed by atoms with E-state index in [4.69, 9.17) is 20.6 Å². The summed E-state index contributed by atoms with van der Waals surface area (Å²) < 4.78 is 10.3. The normalized spacial score (nSPS) is 19.1. The molecule has 0 aliphatic carbocycles. The van der Waals surface area contributed by atoms with Crippen LogP contribution in [0.5, 0.6) is 5.88 Å². The third-order valence-corrected chi connectivity index (χ3v) is 8.07. The third kappa shape index (κ3) is 8.15. The van der Waals surface area contributed by atoms with Gasteiger partial charge < -0.3 is 15.6 Å². The molecule has 0 aromatic carbocycles. The maximum Gasteiger partial charge on any atom is 0.221 e. The molecule has 0 spiro atoms. The Morgan fingerprint density at radius 3 is 2.46 bits per heavy atom. The number of aryl methyl sites for hydroxylation is 3. The molecule has 0 fully saturated rings. The highest BCUT2D eigenvalue weighted by atomic mass is 127. The molecule has 2 bridgehead atoms. The number of rotatable bonds is 3. The number of nitrogens with two attached hydrogens (primary N) is 1. The van der Waals surface area contributed by atoms with Crippen molar-refractivity contribution < 1.29 is 9.84 Å². The summed E-state index contributed by atoms with van der Waals surface area (Å²) in [4.78, 5) is 11.8. The first-order valence-corrected chi connectivity index (χ1v) is 18.2. The van der Waals surface area contributed by atoms with Crippen LogP contribution in [0, 0.1) is 13.8 Å². The number of likely N-dealkylation sites (N-methyl/N-ethyl adjacent to an activating group) is 1. The maximum atomic E-state index is 9.46. The topological polar surface area (TPSA) is 120 Å². The number of aliphatic imine (C=N–C) groups is 1. The van der Waals surface area contributed by atoms with E-state index >= 15 is 0 Å². The molecule has 3 N–H and O–H groups in total. The molecule has 3 aromatic heterocycles. The number of nitrogens with zero attached hydrogens (tertiary/aromatic N) is 7. The quantitative estimate of drug-likeness (QED) is 0.267. The number of aromatic nitrogens is 5. The fourth-order valence-electron chi connectivity index (χ4n) is 4.73. The summed E-state index contributed by atoms with van der Waals surface area (Å²) in [5, 5.41) is 20.0. The lowest BCUT2D eigenvalue weighted by atomic mass is 10.0. The number of ether oxygens (including phenoxy) is 1. The van der Waals surface area contributed by atoms with Gasteiger partial charge in [0.15, 0.2) is 0 Å². The molecular formula is C29H46IN8O2P. The minimum atomic E-state index is -0.131. The average molecular weight is 697 g/mol. The number of pyridine rings is 1. The van der Waals surface area contributed by atoms with Gasteiger partial charge in [0.05, 0.1) is 59.1 Å². The lowest BCUT2D eigenvalue weighted by Gasteiger charge is -2.24. The largest absolute Gasteiger partial charge is 0.473 e. The van der Waals surface area contributed by atoms with Crippen molar-refractivity contribution in [2.75, 3.05) is 33.3 Å². The van der Waals surface area contributed by atoms with Gasteiger partial charge in [0.25, 0.3) is 0 Å². The summed E-state index contributed by atoms with van der Waals surface area (Å²) >= 11 is 2.34. The lowest BCUT2D eigenvalue weighted by Crippen LogP contribution is -2.36. The van der Waals surface area contributed by atoms with Crippen molar-refractivity contribution in [2.24, 2.45) is 17.8 Å². The van der Waals surface area contributed by atoms with E-state index in [9.17, 15) is 5.11 Å². The van der Waals surface area contributed by atoms with Crippen molar-refractivity contribution >= 4 is 51.1 Å². The molecule has 0 saturated carbocycles. The van der Waals surface area contributed by atoms with Crippen LogP contribution in [0.1, 0.15) is 58.6 Å². The minimum Gasteiger partial charge on any atom is -0.473 e. The first-order chi connectivity index (χ1) is 19.6. The highest BCUT2D eigenvalue weighted by Crippen LogP contribution is 2.38. The number of aliphatic hydroxyl groups is 1. The Bertz CT molecular complexity index is 1410. The van der Waals surface area contributed by atoms with E-state index in [1.165, 1.54) is 0 Å². The predicted molar refractivity (Wildman–Crippen MR) is 183 cm³/mol. The molecule has 10 nitrogen and oxygen atoms in total. The molecule has 4 rings (SSSR count). The molecule has 12 heteroatoms. The van der Waals surface area contributed by atoms with Crippen molar-refractivity contribution in [1.29, 1.82) is 0 Å². The predicted octanol–water partition coefficient (Wildman–Crippen LogP) is 5.68. The zero-order valence-electron chi connectivity index (χ0n) is 26.1. The number of hydrogen-bond donors (Lipinski definition) is 2. The van der Waals surface area contributed by atoms with Crippen LogP contribution < -0.4 is 10.5 Å². The van der Waals surface area contributed by atoms with E-state index in [0.717, 1.165) is 50.5 Å². The number of allylic oxidation sites excluding steroid dienone is 2. The average Bonchev–Trinajstić information content (AvgIpc) is 3.44. The van der Waals surface area contributed by atoms with Crippen molar-refractivity contribution in [3.8, 4) is 17.1 Å². The summed E-state index contributed by atoms with van der Waals surface area (Å²) in [5.74, 6) is 0.687. The molecule has 226 valence electrons. The third-order valence-electron chi connectivity index (χ3n) is 6.22. The Kier molecular flexibility index (Phi) is 13.9. The molecule has 1 aliphatic rings. The standard InChI is InChI=1S/C25H34IN8O2P.2C2H6/c1-14-12-32(5)13-22(28-9-10-35)18(15(2)27)7-8-20-19-11-21(23-16(3)30-33(6)25(23)36-14)29-17(4)24(19)34(31-20)37-26;2*1-2/h7-8,11,14,35,37H,9-10,12-13,27H2,1-6H3;2*1-2H3/b8-7+,18-15-,28-22?;;. The molecule has 1 aliphatic heterocycles. The molecule has 0 saturated heterocycles. The van der Waals surface area contributed by atoms with Gasteiger partial charge in [-0.3, -0.25) is 14.9 Å². The van der Waals surface area contributed by atoms with E-state index < -0.39 is 0 Å². The van der Waals surface area contributed by atoms with E-state index in [-0.39, 0.29) is 12.7 Å². The summed E-state index contributed by atoms with van der Waals surface area (Å²) in [6.45, 7) is 17.4. The van der Waals surface area contributed by atoms with Gasteiger partial charge in [0.2, 0.25) is 5.88 Å². The van der Waals surface area contributed by atoms with Crippen molar-refractivity contribution in [3.63, 3.8) is 0 Å². The SMILES string of the molecule is C/C(N)=C1\C=C\c2nn(PI)c3c(C)nc(cc23)-c2c(C)nn(C)c2OC(C)CN(C)CC1=NCCO.CC.CC. The Labute approximate surface area is 259 Å². The van der Waals surface area contributed by atoms with Crippen molar-refractivity contribution in [2.45, 2.75) is 61.5 Å². The monoisotopic (exact) mass is 696 g/mol. The number of hydrogen-bond acceptors (Lipinski definition) is 8.